The standard InChI is InChI=1S/C31H26ClN3O2/c1-22-12-17-28(32)29(18-22)37-21-23-13-15-25(16-14-23)31(36)33-19-26-20-35(27-10-6-3-7-11-27)34-30(26)24-8-4-2-5-9-24/h2-18,20H,19,21H2,1H3,(H,33,36). The lowest BCUT2D eigenvalue weighted by molar-refractivity contribution is 0.0951. The van der Waals surface area contributed by atoms with Crippen molar-refractivity contribution in [3.63, 3.8) is 0 Å². The number of benzene rings is 4. The smallest absolute Gasteiger partial charge is 0.251 e. The first-order valence-electron chi connectivity index (χ1n) is 12.0. The zero-order chi connectivity index (χ0) is 25.6. The van der Waals surface area contributed by atoms with Gasteiger partial charge in [-0.3, -0.25) is 4.79 Å². The Kier molecular flexibility index (Phi) is 7.33. The zero-order valence-corrected chi connectivity index (χ0v) is 21.2. The third kappa shape index (κ3) is 5.90. The average molecular weight is 508 g/mol. The Hall–Kier alpha value is -4.35. The number of nitrogens with one attached hydrogen (secondary N) is 1. The summed E-state index contributed by atoms with van der Waals surface area (Å²) in [6.07, 6.45) is 1.97. The topological polar surface area (TPSA) is 56.1 Å². The first kappa shape index (κ1) is 24.3. The Labute approximate surface area is 221 Å². The molecule has 0 spiro atoms. The van der Waals surface area contributed by atoms with Crippen molar-refractivity contribution in [2.24, 2.45) is 0 Å². The van der Waals surface area contributed by atoms with E-state index in [1.165, 1.54) is 0 Å². The largest absolute Gasteiger partial charge is 0.487 e. The molecule has 6 heteroatoms. The van der Waals surface area contributed by atoms with Gasteiger partial charge in [0.05, 0.1) is 16.4 Å². The van der Waals surface area contributed by atoms with Gasteiger partial charge in [0.2, 0.25) is 0 Å². The highest BCUT2D eigenvalue weighted by molar-refractivity contribution is 6.32. The van der Waals surface area contributed by atoms with Gasteiger partial charge in [-0.1, -0.05) is 78.3 Å². The lowest BCUT2D eigenvalue weighted by atomic mass is 10.1. The molecule has 1 aromatic heterocycles. The lowest BCUT2D eigenvalue weighted by Gasteiger charge is -2.10. The van der Waals surface area contributed by atoms with Crippen LogP contribution in [0.2, 0.25) is 5.02 Å². The van der Waals surface area contributed by atoms with E-state index in [0.717, 1.165) is 33.6 Å². The highest BCUT2D eigenvalue weighted by atomic mass is 35.5. The summed E-state index contributed by atoms with van der Waals surface area (Å²) in [5.74, 6) is 0.495. The monoisotopic (exact) mass is 507 g/mol. The summed E-state index contributed by atoms with van der Waals surface area (Å²) in [5.41, 5.74) is 6.34. The van der Waals surface area contributed by atoms with Crippen molar-refractivity contribution in [2.75, 3.05) is 0 Å². The molecular formula is C31H26ClN3O2. The van der Waals surface area contributed by atoms with Crippen LogP contribution in [0, 0.1) is 6.92 Å². The fraction of sp³-hybridized carbons (Fsp3) is 0.0968. The minimum atomic E-state index is -0.152. The van der Waals surface area contributed by atoms with Gasteiger partial charge >= 0.3 is 0 Å². The number of aryl methyl sites for hydroxylation is 1. The number of hydrogen-bond donors (Lipinski definition) is 1. The summed E-state index contributed by atoms with van der Waals surface area (Å²) in [6.45, 7) is 2.71. The molecule has 0 saturated heterocycles. The van der Waals surface area contributed by atoms with Crippen LogP contribution in [0.5, 0.6) is 5.75 Å². The SMILES string of the molecule is Cc1ccc(Cl)c(OCc2ccc(C(=O)NCc3cn(-c4ccccc4)nc3-c3ccccc3)cc2)c1. The molecule has 5 aromatic rings. The van der Waals surface area contributed by atoms with Crippen LogP contribution in [-0.2, 0) is 13.2 Å². The molecule has 1 N–H and O–H groups in total. The second-order valence-corrected chi connectivity index (χ2v) is 9.16. The molecule has 0 unspecified atom stereocenters. The zero-order valence-electron chi connectivity index (χ0n) is 20.4. The quantitative estimate of drug-likeness (QED) is 0.246. The first-order chi connectivity index (χ1) is 18.1. The van der Waals surface area contributed by atoms with Crippen LogP contribution in [0.25, 0.3) is 16.9 Å². The molecule has 0 aliphatic heterocycles. The van der Waals surface area contributed by atoms with Crippen LogP contribution < -0.4 is 10.1 Å². The van der Waals surface area contributed by atoms with Gasteiger partial charge in [-0.05, 0) is 54.4 Å². The van der Waals surface area contributed by atoms with Gasteiger partial charge in [-0.25, -0.2) is 4.68 Å². The highest BCUT2D eigenvalue weighted by Crippen LogP contribution is 2.26. The Bertz CT molecular complexity index is 1500. The number of rotatable bonds is 8. The van der Waals surface area contributed by atoms with E-state index >= 15 is 0 Å². The molecule has 5 rings (SSSR count). The summed E-state index contributed by atoms with van der Waals surface area (Å²) in [6, 6.07) is 33.0. The van der Waals surface area contributed by atoms with Gasteiger partial charge < -0.3 is 10.1 Å². The van der Waals surface area contributed by atoms with Crippen molar-refractivity contribution in [3.8, 4) is 22.7 Å². The molecule has 184 valence electrons. The van der Waals surface area contributed by atoms with Crippen molar-refractivity contribution < 1.29 is 9.53 Å². The third-order valence-corrected chi connectivity index (χ3v) is 6.31. The van der Waals surface area contributed by atoms with Crippen molar-refractivity contribution in [3.05, 3.63) is 137 Å². The maximum Gasteiger partial charge on any atom is 0.251 e. The second kappa shape index (κ2) is 11.1. The van der Waals surface area contributed by atoms with E-state index in [4.69, 9.17) is 21.4 Å². The minimum absolute atomic E-state index is 0.152. The predicted molar refractivity (Wildman–Crippen MR) is 147 cm³/mol. The molecule has 0 aliphatic rings. The molecule has 1 amide bonds. The number of nitrogens with zero attached hydrogens (tertiary/aromatic N) is 2. The Balaban J connectivity index is 1.27. The van der Waals surface area contributed by atoms with Crippen LogP contribution >= 0.6 is 11.6 Å². The number of hydrogen-bond acceptors (Lipinski definition) is 3. The van der Waals surface area contributed by atoms with E-state index in [9.17, 15) is 4.79 Å². The van der Waals surface area contributed by atoms with E-state index in [1.807, 2.05) is 109 Å². The van der Waals surface area contributed by atoms with Gasteiger partial charge in [0, 0.05) is 29.4 Å². The van der Waals surface area contributed by atoms with Gasteiger partial charge in [-0.15, -0.1) is 0 Å². The molecule has 4 aromatic carbocycles. The Morgan fingerprint density at radius 2 is 1.62 bits per heavy atom. The maximum atomic E-state index is 12.9. The van der Waals surface area contributed by atoms with Crippen LogP contribution in [-0.4, -0.2) is 15.7 Å². The molecule has 5 nitrogen and oxygen atoms in total. The third-order valence-electron chi connectivity index (χ3n) is 5.99. The molecule has 37 heavy (non-hydrogen) atoms. The molecule has 0 saturated carbocycles. The molecule has 0 radical (unpaired) electrons. The van der Waals surface area contributed by atoms with Crippen molar-refractivity contribution in [1.29, 1.82) is 0 Å². The van der Waals surface area contributed by atoms with E-state index in [1.54, 1.807) is 12.1 Å². The Morgan fingerprint density at radius 1 is 0.919 bits per heavy atom. The molecule has 0 aliphatic carbocycles. The Morgan fingerprint density at radius 3 is 2.35 bits per heavy atom. The minimum Gasteiger partial charge on any atom is -0.487 e. The number of carbonyl (C=O) groups is 1. The normalized spacial score (nSPS) is 10.8. The predicted octanol–water partition coefficient (Wildman–Crippen LogP) is 7.01. The van der Waals surface area contributed by atoms with Crippen molar-refractivity contribution >= 4 is 17.5 Å². The van der Waals surface area contributed by atoms with Crippen LogP contribution in [0.15, 0.2) is 109 Å². The van der Waals surface area contributed by atoms with Gasteiger partial charge in [0.25, 0.3) is 5.91 Å². The van der Waals surface area contributed by atoms with Crippen LogP contribution in [0.3, 0.4) is 0 Å². The van der Waals surface area contributed by atoms with Gasteiger partial charge in [0.15, 0.2) is 0 Å². The summed E-state index contributed by atoms with van der Waals surface area (Å²) >= 11 is 6.22. The lowest BCUT2D eigenvalue weighted by Crippen LogP contribution is -2.22. The number of halogens is 1. The average Bonchev–Trinajstić information content (AvgIpc) is 3.38. The first-order valence-corrected chi connectivity index (χ1v) is 12.4. The summed E-state index contributed by atoms with van der Waals surface area (Å²) in [7, 11) is 0. The van der Waals surface area contributed by atoms with Crippen molar-refractivity contribution in [2.45, 2.75) is 20.1 Å². The van der Waals surface area contributed by atoms with Gasteiger partial charge in [-0.2, -0.15) is 5.10 Å². The van der Waals surface area contributed by atoms with E-state index in [-0.39, 0.29) is 5.91 Å². The number of carbonyl (C=O) groups excluding carboxylic acids is 1. The number of amides is 1. The van der Waals surface area contributed by atoms with E-state index < -0.39 is 0 Å². The summed E-state index contributed by atoms with van der Waals surface area (Å²) in [4.78, 5) is 12.9. The number of ether oxygens (including phenoxy) is 1. The summed E-state index contributed by atoms with van der Waals surface area (Å²) in [5, 5.41) is 8.43. The van der Waals surface area contributed by atoms with E-state index in [0.29, 0.717) is 29.5 Å². The fourth-order valence-corrected chi connectivity index (χ4v) is 4.18. The highest BCUT2D eigenvalue weighted by Gasteiger charge is 2.14. The molecule has 0 fully saturated rings. The maximum absolute atomic E-state index is 12.9. The molecule has 0 atom stereocenters. The second-order valence-electron chi connectivity index (χ2n) is 8.75. The molecule has 1 heterocycles. The van der Waals surface area contributed by atoms with Crippen LogP contribution in [0.1, 0.15) is 27.0 Å². The molecule has 0 bridgehead atoms. The fourth-order valence-electron chi connectivity index (χ4n) is 4.00. The number of para-hydroxylation sites is 1. The van der Waals surface area contributed by atoms with Crippen LogP contribution in [0.4, 0.5) is 0 Å². The van der Waals surface area contributed by atoms with Gasteiger partial charge in [0.1, 0.15) is 12.4 Å². The van der Waals surface area contributed by atoms with E-state index in [2.05, 4.69) is 5.32 Å². The van der Waals surface area contributed by atoms with Crippen molar-refractivity contribution in [1.82, 2.24) is 15.1 Å². The molecular weight excluding hydrogens is 482 g/mol. The number of aromatic nitrogens is 2. The summed E-state index contributed by atoms with van der Waals surface area (Å²) < 4.78 is 7.71.